The summed E-state index contributed by atoms with van der Waals surface area (Å²) < 4.78 is 27.8. The minimum absolute atomic E-state index is 0.0836. The van der Waals surface area contributed by atoms with Gasteiger partial charge >= 0.3 is 0 Å². The van der Waals surface area contributed by atoms with Crippen LogP contribution in [-0.4, -0.2) is 25.7 Å². The molecule has 5 nitrogen and oxygen atoms in total. The lowest BCUT2D eigenvalue weighted by Crippen LogP contribution is -2.52. The van der Waals surface area contributed by atoms with Crippen molar-refractivity contribution in [2.24, 2.45) is 0 Å². The molecule has 0 radical (unpaired) electrons. The summed E-state index contributed by atoms with van der Waals surface area (Å²) in [5.41, 5.74) is 5.82. The van der Waals surface area contributed by atoms with Crippen LogP contribution in [-0.2, 0) is 10.0 Å². The molecule has 0 bridgehead atoms. The zero-order valence-electron chi connectivity index (χ0n) is 12.0. The first kappa shape index (κ1) is 16.5. The largest absolute Gasteiger partial charge is 0.397 e. The second kappa shape index (κ2) is 6.12. The molecule has 118 valence electrons. The van der Waals surface area contributed by atoms with Gasteiger partial charge in [0, 0.05) is 0 Å². The minimum Gasteiger partial charge on any atom is -0.397 e. The summed E-state index contributed by atoms with van der Waals surface area (Å²) in [5, 5.41) is 10.00. The Bertz CT molecular complexity index is 602. The first-order valence-corrected chi connectivity index (χ1v) is 8.86. The van der Waals surface area contributed by atoms with Gasteiger partial charge in [0.1, 0.15) is 0 Å². The summed E-state index contributed by atoms with van der Waals surface area (Å²) >= 11 is 5.97. The van der Waals surface area contributed by atoms with Crippen molar-refractivity contribution in [1.82, 2.24) is 4.72 Å². The Morgan fingerprint density at radius 1 is 1.33 bits per heavy atom. The molecule has 1 aliphatic rings. The van der Waals surface area contributed by atoms with E-state index in [1.165, 1.54) is 12.1 Å². The second-order valence-corrected chi connectivity index (χ2v) is 7.81. The number of aryl methyl sites for hydroxylation is 1. The average Bonchev–Trinajstić information content (AvgIpc) is 2.44. The summed E-state index contributed by atoms with van der Waals surface area (Å²) in [6.45, 7) is 1.51. The first-order chi connectivity index (χ1) is 9.80. The van der Waals surface area contributed by atoms with E-state index in [0.717, 1.165) is 19.3 Å². The fraction of sp³-hybridized carbons (Fsp3) is 0.571. The van der Waals surface area contributed by atoms with Crippen LogP contribution in [0.25, 0.3) is 0 Å². The van der Waals surface area contributed by atoms with Gasteiger partial charge in [0.2, 0.25) is 10.0 Å². The summed E-state index contributed by atoms with van der Waals surface area (Å²) in [6.07, 6.45) is 4.17. The summed E-state index contributed by atoms with van der Waals surface area (Å²) in [6, 6.07) is 2.85. The number of aliphatic hydroxyl groups excluding tert-OH is 1. The summed E-state index contributed by atoms with van der Waals surface area (Å²) in [4.78, 5) is 0.0836. The van der Waals surface area contributed by atoms with Crippen molar-refractivity contribution in [3.63, 3.8) is 0 Å². The maximum absolute atomic E-state index is 12.6. The van der Waals surface area contributed by atoms with Crippen LogP contribution in [0.2, 0.25) is 5.02 Å². The Balaban J connectivity index is 2.33. The van der Waals surface area contributed by atoms with Crippen molar-refractivity contribution in [3.05, 3.63) is 22.7 Å². The fourth-order valence-corrected chi connectivity index (χ4v) is 4.46. The summed E-state index contributed by atoms with van der Waals surface area (Å²) in [7, 11) is -3.74. The van der Waals surface area contributed by atoms with Gasteiger partial charge in [-0.2, -0.15) is 0 Å². The highest BCUT2D eigenvalue weighted by molar-refractivity contribution is 7.89. The van der Waals surface area contributed by atoms with Gasteiger partial charge in [0.15, 0.2) is 0 Å². The predicted molar refractivity (Wildman–Crippen MR) is 83.8 cm³/mol. The van der Waals surface area contributed by atoms with Crippen molar-refractivity contribution in [2.45, 2.75) is 49.5 Å². The molecule has 0 saturated heterocycles. The highest BCUT2D eigenvalue weighted by atomic mass is 35.5. The maximum Gasteiger partial charge on any atom is 0.241 e. The molecule has 0 aromatic heterocycles. The first-order valence-electron chi connectivity index (χ1n) is 7.00. The number of aliphatic hydroxyl groups is 1. The van der Waals surface area contributed by atoms with Crippen LogP contribution >= 0.6 is 11.6 Å². The van der Waals surface area contributed by atoms with Gasteiger partial charge in [-0.3, -0.25) is 0 Å². The lowest BCUT2D eigenvalue weighted by atomic mass is 9.83. The number of sulfonamides is 1. The Labute approximate surface area is 130 Å². The Hall–Kier alpha value is -0.820. The van der Waals surface area contributed by atoms with Gasteiger partial charge in [-0.15, -0.1) is 0 Å². The molecule has 1 fully saturated rings. The van der Waals surface area contributed by atoms with E-state index in [2.05, 4.69) is 4.72 Å². The quantitative estimate of drug-likeness (QED) is 0.737. The number of anilines is 1. The zero-order chi connectivity index (χ0) is 15.7. The monoisotopic (exact) mass is 332 g/mol. The SMILES string of the molecule is Cc1cc(S(=O)(=O)NC2(CO)CCCCC2)cc(N)c1Cl. The maximum atomic E-state index is 12.6. The van der Waals surface area contributed by atoms with Crippen molar-refractivity contribution in [1.29, 1.82) is 0 Å². The standard InChI is InChI=1S/C14H21ClN2O3S/c1-10-7-11(8-12(16)13(10)15)21(19,20)17-14(9-18)5-3-2-4-6-14/h7-8,17-18H,2-6,9,16H2,1H3. The molecule has 0 aliphatic heterocycles. The Morgan fingerprint density at radius 2 is 1.95 bits per heavy atom. The molecule has 7 heteroatoms. The van der Waals surface area contributed by atoms with Gasteiger partial charge < -0.3 is 10.8 Å². The third-order valence-electron chi connectivity index (χ3n) is 4.03. The Morgan fingerprint density at radius 3 is 2.48 bits per heavy atom. The van der Waals surface area contributed by atoms with Gasteiger partial charge in [-0.05, 0) is 37.5 Å². The van der Waals surface area contributed by atoms with Crippen molar-refractivity contribution < 1.29 is 13.5 Å². The van der Waals surface area contributed by atoms with E-state index < -0.39 is 15.6 Å². The molecule has 2 rings (SSSR count). The molecule has 0 atom stereocenters. The number of nitrogens with one attached hydrogen (secondary N) is 1. The molecule has 21 heavy (non-hydrogen) atoms. The molecule has 1 aromatic rings. The highest BCUT2D eigenvalue weighted by Gasteiger charge is 2.36. The van der Waals surface area contributed by atoms with Crippen molar-refractivity contribution >= 4 is 27.3 Å². The van der Waals surface area contributed by atoms with Gasteiger partial charge in [-0.25, -0.2) is 13.1 Å². The van der Waals surface area contributed by atoms with Crippen LogP contribution < -0.4 is 10.5 Å². The lowest BCUT2D eigenvalue weighted by Gasteiger charge is -2.36. The van der Waals surface area contributed by atoms with Crippen LogP contribution in [0.15, 0.2) is 17.0 Å². The Kier molecular flexibility index (Phi) is 4.82. The number of nitrogens with two attached hydrogens (primary N) is 1. The van der Waals surface area contributed by atoms with Crippen LogP contribution in [0, 0.1) is 6.92 Å². The van der Waals surface area contributed by atoms with E-state index in [1.807, 2.05) is 0 Å². The number of nitrogen functional groups attached to an aromatic ring is 1. The van der Waals surface area contributed by atoms with Crippen molar-refractivity contribution in [2.75, 3.05) is 12.3 Å². The van der Waals surface area contributed by atoms with E-state index >= 15 is 0 Å². The second-order valence-electron chi connectivity index (χ2n) is 5.75. The molecular weight excluding hydrogens is 312 g/mol. The normalized spacial score (nSPS) is 18.6. The van der Waals surface area contributed by atoms with Crippen LogP contribution in [0.1, 0.15) is 37.7 Å². The van der Waals surface area contributed by atoms with Crippen molar-refractivity contribution in [3.8, 4) is 0 Å². The van der Waals surface area contributed by atoms with Crippen LogP contribution in [0.3, 0.4) is 0 Å². The lowest BCUT2D eigenvalue weighted by molar-refractivity contribution is 0.142. The molecule has 1 aliphatic carbocycles. The number of benzene rings is 1. The number of halogens is 1. The molecule has 0 heterocycles. The smallest absolute Gasteiger partial charge is 0.241 e. The van der Waals surface area contributed by atoms with Gasteiger partial charge in [-0.1, -0.05) is 30.9 Å². The summed E-state index contributed by atoms with van der Waals surface area (Å²) in [5.74, 6) is 0. The van der Waals surface area contributed by atoms with E-state index in [9.17, 15) is 13.5 Å². The fourth-order valence-electron chi connectivity index (χ4n) is 2.78. The van der Waals surface area contributed by atoms with Crippen LogP contribution in [0.5, 0.6) is 0 Å². The van der Waals surface area contributed by atoms with Crippen LogP contribution in [0.4, 0.5) is 5.69 Å². The topological polar surface area (TPSA) is 92.4 Å². The third-order valence-corrected chi connectivity index (χ3v) is 6.11. The highest BCUT2D eigenvalue weighted by Crippen LogP contribution is 2.31. The molecule has 1 aromatic carbocycles. The third kappa shape index (κ3) is 3.51. The zero-order valence-corrected chi connectivity index (χ0v) is 13.6. The average molecular weight is 333 g/mol. The molecule has 0 amide bonds. The minimum atomic E-state index is -3.74. The van der Waals surface area contributed by atoms with Gasteiger partial charge in [0.05, 0.1) is 27.8 Å². The molecule has 0 unspecified atom stereocenters. The predicted octanol–water partition coefficient (Wildman–Crippen LogP) is 2.20. The molecular formula is C14H21ClN2O3S. The number of hydrogen-bond donors (Lipinski definition) is 3. The van der Waals surface area contributed by atoms with E-state index in [4.69, 9.17) is 17.3 Å². The number of rotatable bonds is 4. The number of hydrogen-bond acceptors (Lipinski definition) is 4. The van der Waals surface area contributed by atoms with Gasteiger partial charge in [0.25, 0.3) is 0 Å². The van der Waals surface area contributed by atoms with E-state index in [-0.39, 0.29) is 17.2 Å². The molecule has 4 N–H and O–H groups in total. The van der Waals surface area contributed by atoms with E-state index in [0.29, 0.717) is 23.4 Å². The van der Waals surface area contributed by atoms with E-state index in [1.54, 1.807) is 6.92 Å². The molecule has 0 spiro atoms. The molecule has 1 saturated carbocycles.